The number of carbonyl (C=O) groups excluding carboxylic acids is 2. The van der Waals surface area contributed by atoms with Crippen LogP contribution in [0.3, 0.4) is 0 Å². The molecule has 1 heterocycles. The summed E-state index contributed by atoms with van der Waals surface area (Å²) in [5.74, 6) is -0.544. The lowest BCUT2D eigenvalue weighted by Gasteiger charge is -2.23. The number of nitrogens with one attached hydrogen (secondary N) is 1. The number of fused-ring (bicyclic) bond motifs is 1. The maximum Gasteiger partial charge on any atom is 0.338 e. The van der Waals surface area contributed by atoms with Crippen LogP contribution in [0.25, 0.3) is 0 Å². The van der Waals surface area contributed by atoms with Crippen molar-refractivity contribution in [2.24, 2.45) is 0 Å². The molecule has 0 aliphatic carbocycles. The van der Waals surface area contributed by atoms with E-state index in [2.05, 4.69) is 4.72 Å². The number of nitrogens with zero attached hydrogens (tertiary/aromatic N) is 1. The van der Waals surface area contributed by atoms with Crippen LogP contribution >= 0.6 is 0 Å². The highest BCUT2D eigenvalue weighted by Crippen LogP contribution is 2.46. The van der Waals surface area contributed by atoms with Gasteiger partial charge in [0, 0.05) is 35.6 Å². The Morgan fingerprint density at radius 2 is 1.71 bits per heavy atom. The summed E-state index contributed by atoms with van der Waals surface area (Å²) in [5.41, 5.74) is 2.91. The Hall–Kier alpha value is -4.11. The van der Waals surface area contributed by atoms with Crippen molar-refractivity contribution >= 4 is 33.2 Å². The van der Waals surface area contributed by atoms with Crippen LogP contribution in [-0.4, -0.2) is 40.4 Å². The molecule has 38 heavy (non-hydrogen) atoms. The summed E-state index contributed by atoms with van der Waals surface area (Å²) in [7, 11) is -2.07. The van der Waals surface area contributed by atoms with E-state index < -0.39 is 22.6 Å². The molecule has 0 fully saturated rings. The predicted molar refractivity (Wildman–Crippen MR) is 146 cm³/mol. The lowest BCUT2D eigenvalue weighted by atomic mass is 9.83. The van der Waals surface area contributed by atoms with Gasteiger partial charge in [0.1, 0.15) is 5.75 Å². The van der Waals surface area contributed by atoms with E-state index in [1.165, 1.54) is 30.3 Å². The average Bonchev–Trinajstić information content (AvgIpc) is 3.09. The number of hydrogen-bond acceptors (Lipinski definition) is 7. The van der Waals surface area contributed by atoms with Gasteiger partial charge in [-0.15, -0.1) is 0 Å². The van der Waals surface area contributed by atoms with E-state index in [4.69, 9.17) is 9.47 Å². The third kappa shape index (κ3) is 5.57. The van der Waals surface area contributed by atoms with Crippen LogP contribution in [0.1, 0.15) is 36.7 Å². The van der Waals surface area contributed by atoms with E-state index in [1.54, 1.807) is 24.3 Å². The Kier molecular flexibility index (Phi) is 7.59. The second-order valence-corrected chi connectivity index (χ2v) is 11.0. The summed E-state index contributed by atoms with van der Waals surface area (Å²) in [6, 6.07) is 19.9. The molecule has 0 aromatic heterocycles. The van der Waals surface area contributed by atoms with Crippen LogP contribution in [0.15, 0.2) is 89.5 Å². The highest BCUT2D eigenvalue weighted by molar-refractivity contribution is 7.92. The fraction of sp³-hybridized carbons (Fsp3) is 0.241. The molecule has 1 aliphatic rings. The summed E-state index contributed by atoms with van der Waals surface area (Å²) >= 11 is 0. The molecule has 3 aromatic carbocycles. The number of benzene rings is 3. The van der Waals surface area contributed by atoms with Gasteiger partial charge in [0.15, 0.2) is 12.4 Å². The third-order valence-corrected chi connectivity index (χ3v) is 7.76. The number of carbonyl (C=O) groups is 2. The van der Waals surface area contributed by atoms with Crippen molar-refractivity contribution in [3.63, 3.8) is 0 Å². The fourth-order valence-electron chi connectivity index (χ4n) is 4.46. The molecule has 0 bridgehead atoms. The molecule has 1 aliphatic heterocycles. The molecular formula is C29H30N2O6S. The second kappa shape index (κ2) is 10.7. The van der Waals surface area contributed by atoms with Crippen LogP contribution in [0, 0.1) is 0 Å². The van der Waals surface area contributed by atoms with Gasteiger partial charge in [0.2, 0.25) is 0 Å². The molecular weight excluding hydrogens is 504 g/mol. The Balaban J connectivity index is 1.42. The number of ketones is 1. The topological polar surface area (TPSA) is 102 Å². The first-order valence-corrected chi connectivity index (χ1v) is 13.6. The maximum absolute atomic E-state index is 12.9. The highest BCUT2D eigenvalue weighted by Gasteiger charge is 2.38. The number of anilines is 2. The first-order valence-electron chi connectivity index (χ1n) is 12.1. The number of allylic oxidation sites excluding steroid dienone is 1. The van der Waals surface area contributed by atoms with Crippen molar-refractivity contribution in [2.45, 2.75) is 31.1 Å². The van der Waals surface area contributed by atoms with E-state index >= 15 is 0 Å². The zero-order valence-electron chi connectivity index (χ0n) is 21.7. The Bertz CT molecular complexity index is 1490. The molecule has 0 unspecified atom stereocenters. The molecule has 0 atom stereocenters. The van der Waals surface area contributed by atoms with Gasteiger partial charge in [-0.3, -0.25) is 9.52 Å². The van der Waals surface area contributed by atoms with Crippen molar-refractivity contribution in [1.82, 2.24) is 0 Å². The summed E-state index contributed by atoms with van der Waals surface area (Å²) in [4.78, 5) is 27.2. The highest BCUT2D eigenvalue weighted by atomic mass is 32.2. The van der Waals surface area contributed by atoms with Crippen molar-refractivity contribution < 1.29 is 27.5 Å². The maximum atomic E-state index is 12.9. The van der Waals surface area contributed by atoms with Crippen molar-refractivity contribution in [1.29, 1.82) is 0 Å². The van der Waals surface area contributed by atoms with Crippen LogP contribution in [0.2, 0.25) is 0 Å². The summed E-state index contributed by atoms with van der Waals surface area (Å²) in [6.07, 6.45) is 1.49. The third-order valence-electron chi connectivity index (χ3n) is 6.38. The normalized spacial score (nSPS) is 15.2. The molecule has 198 valence electrons. The van der Waals surface area contributed by atoms with Gasteiger partial charge in [0.25, 0.3) is 10.0 Å². The van der Waals surface area contributed by atoms with Crippen LogP contribution in [0.5, 0.6) is 5.75 Å². The largest absolute Gasteiger partial charge is 0.494 e. The van der Waals surface area contributed by atoms with Gasteiger partial charge in [0.05, 0.1) is 17.1 Å². The lowest BCUT2D eigenvalue weighted by Crippen LogP contribution is -2.25. The van der Waals surface area contributed by atoms with Gasteiger partial charge in [-0.1, -0.05) is 38.1 Å². The zero-order chi connectivity index (χ0) is 27.5. The molecule has 0 spiro atoms. The molecule has 1 N–H and O–H groups in total. The van der Waals surface area contributed by atoms with Gasteiger partial charge in [-0.2, -0.15) is 0 Å². The molecule has 0 saturated carbocycles. The minimum absolute atomic E-state index is 0.0192. The predicted octanol–water partition coefficient (Wildman–Crippen LogP) is 4.92. The first kappa shape index (κ1) is 26.9. The Morgan fingerprint density at radius 1 is 1.00 bits per heavy atom. The lowest BCUT2D eigenvalue weighted by molar-refractivity contribution is -0.117. The number of ether oxygens (including phenoxy) is 2. The summed E-state index contributed by atoms with van der Waals surface area (Å²) < 4.78 is 38.8. The summed E-state index contributed by atoms with van der Waals surface area (Å²) in [6.45, 7) is 5.96. The monoisotopic (exact) mass is 534 g/mol. The van der Waals surface area contributed by atoms with Gasteiger partial charge in [-0.25, -0.2) is 13.2 Å². The SMILES string of the molecule is CCOc1ccc(NS(=O)(=O)c2cccc(C(=O)OCC(=O)C=C3N(C)c4ccccc4C3(C)C)c2)cc1. The first-order chi connectivity index (χ1) is 18.0. The number of para-hydroxylation sites is 1. The number of hydrogen-bond donors (Lipinski definition) is 1. The fourth-order valence-corrected chi connectivity index (χ4v) is 5.57. The molecule has 3 aromatic rings. The van der Waals surface area contributed by atoms with E-state index in [1.807, 2.05) is 57.0 Å². The van der Waals surface area contributed by atoms with E-state index in [0.29, 0.717) is 18.0 Å². The molecule has 0 amide bonds. The van der Waals surface area contributed by atoms with Crippen LogP contribution in [-0.2, 0) is 25.0 Å². The van der Waals surface area contributed by atoms with E-state index in [9.17, 15) is 18.0 Å². The molecule has 4 rings (SSSR count). The number of esters is 1. The minimum Gasteiger partial charge on any atom is -0.494 e. The standard InChI is InChI=1S/C29H30N2O6S/c1-5-36-23-15-13-21(14-16-23)30-38(34,35)24-10-8-9-20(17-24)28(33)37-19-22(32)18-27-29(2,3)25-11-6-7-12-26(25)31(27)4/h6-18,30H,5,19H2,1-4H3. The van der Waals surface area contributed by atoms with Crippen molar-refractivity contribution in [3.8, 4) is 5.75 Å². The van der Waals surface area contributed by atoms with Crippen LogP contribution in [0.4, 0.5) is 11.4 Å². The Morgan fingerprint density at radius 3 is 2.39 bits per heavy atom. The van der Waals surface area contributed by atoms with Gasteiger partial charge >= 0.3 is 5.97 Å². The quantitative estimate of drug-likeness (QED) is 0.307. The van der Waals surface area contributed by atoms with Crippen molar-refractivity contribution in [2.75, 3.05) is 29.9 Å². The minimum atomic E-state index is -3.97. The number of sulfonamides is 1. The van der Waals surface area contributed by atoms with Crippen LogP contribution < -0.4 is 14.4 Å². The molecule has 0 radical (unpaired) electrons. The van der Waals surface area contributed by atoms with E-state index in [0.717, 1.165) is 16.9 Å². The Labute approximate surface area is 222 Å². The number of rotatable bonds is 9. The molecule has 8 nitrogen and oxygen atoms in total. The average molecular weight is 535 g/mol. The number of likely N-dealkylation sites (N-methyl/N-ethyl adjacent to an activating group) is 1. The van der Waals surface area contributed by atoms with Crippen molar-refractivity contribution in [3.05, 3.63) is 95.7 Å². The zero-order valence-corrected chi connectivity index (χ0v) is 22.5. The van der Waals surface area contributed by atoms with Gasteiger partial charge in [-0.05, 0) is 61.0 Å². The van der Waals surface area contributed by atoms with Gasteiger partial charge < -0.3 is 14.4 Å². The smallest absolute Gasteiger partial charge is 0.338 e. The molecule has 0 saturated heterocycles. The summed E-state index contributed by atoms with van der Waals surface area (Å²) in [5, 5.41) is 0. The van der Waals surface area contributed by atoms with E-state index in [-0.39, 0.29) is 21.7 Å². The molecule has 9 heteroatoms. The second-order valence-electron chi connectivity index (χ2n) is 9.36.